The van der Waals surface area contributed by atoms with E-state index < -0.39 is 0 Å². The van der Waals surface area contributed by atoms with Gasteiger partial charge >= 0.3 is 0 Å². The highest BCUT2D eigenvalue weighted by Gasteiger charge is 2.13. The normalized spacial score (nSPS) is 17.8. The summed E-state index contributed by atoms with van der Waals surface area (Å²) in [6.07, 6.45) is 9.17. The molecule has 0 bridgehead atoms. The van der Waals surface area contributed by atoms with E-state index in [-0.39, 0.29) is 0 Å². The molecule has 0 amide bonds. The fourth-order valence-electron chi connectivity index (χ4n) is 2.96. The van der Waals surface area contributed by atoms with Gasteiger partial charge in [-0.1, -0.05) is 31.4 Å². The van der Waals surface area contributed by atoms with E-state index in [2.05, 4.69) is 12.2 Å². The van der Waals surface area contributed by atoms with Gasteiger partial charge in [-0.15, -0.1) is 0 Å². The molecule has 1 aliphatic rings. The Kier molecular flexibility index (Phi) is 7.04. The second kappa shape index (κ2) is 9.06. The zero-order valence-corrected chi connectivity index (χ0v) is 13.2. The second-order valence-electron chi connectivity index (χ2n) is 6.21. The predicted octanol–water partition coefficient (Wildman–Crippen LogP) is 3.65. The van der Waals surface area contributed by atoms with Crippen LogP contribution >= 0.6 is 0 Å². The lowest BCUT2D eigenvalue weighted by molar-refractivity contribution is 0.0271. The van der Waals surface area contributed by atoms with E-state index in [4.69, 9.17) is 4.74 Å². The summed E-state index contributed by atoms with van der Waals surface area (Å²) >= 11 is 0. The zero-order chi connectivity index (χ0) is 14.9. The number of benzene rings is 1. The first kappa shape index (κ1) is 16.3. The van der Waals surface area contributed by atoms with Crippen LogP contribution in [0.25, 0.3) is 0 Å². The lowest BCUT2D eigenvalue weighted by Gasteiger charge is -2.22. The van der Waals surface area contributed by atoms with Gasteiger partial charge in [-0.05, 0) is 56.8 Å². The monoisotopic (exact) mass is 291 g/mol. The van der Waals surface area contributed by atoms with Crippen LogP contribution in [0.2, 0.25) is 0 Å². The van der Waals surface area contributed by atoms with Crippen molar-refractivity contribution in [3.63, 3.8) is 0 Å². The summed E-state index contributed by atoms with van der Waals surface area (Å²) in [7, 11) is 0. The highest BCUT2D eigenvalue weighted by atomic mass is 16.5. The van der Waals surface area contributed by atoms with Crippen molar-refractivity contribution < 1.29 is 9.84 Å². The average molecular weight is 291 g/mol. The van der Waals surface area contributed by atoms with Crippen molar-refractivity contribution in [2.45, 2.75) is 64.0 Å². The molecule has 2 rings (SSSR count). The maximum absolute atomic E-state index is 9.27. The van der Waals surface area contributed by atoms with Gasteiger partial charge < -0.3 is 15.2 Å². The Morgan fingerprint density at radius 3 is 2.62 bits per heavy atom. The van der Waals surface area contributed by atoms with Crippen LogP contribution in [0, 0.1) is 0 Å². The maximum Gasteiger partial charge on any atom is 0.115 e. The summed E-state index contributed by atoms with van der Waals surface area (Å²) in [5.41, 5.74) is 1.26. The fourth-order valence-corrected chi connectivity index (χ4v) is 2.96. The molecular weight excluding hydrogens is 262 g/mol. The number of aromatic hydroxyl groups is 1. The Morgan fingerprint density at radius 2 is 1.90 bits per heavy atom. The highest BCUT2D eigenvalue weighted by Crippen LogP contribution is 2.20. The van der Waals surface area contributed by atoms with Gasteiger partial charge in [0.2, 0.25) is 0 Å². The first-order valence-electron chi connectivity index (χ1n) is 8.37. The molecule has 0 aliphatic heterocycles. The first-order valence-corrected chi connectivity index (χ1v) is 8.37. The van der Waals surface area contributed by atoms with E-state index in [1.54, 1.807) is 12.1 Å². The summed E-state index contributed by atoms with van der Waals surface area (Å²) in [6, 6.07) is 7.92. The largest absolute Gasteiger partial charge is 0.508 e. The Labute approximate surface area is 128 Å². The molecule has 3 heteroatoms. The molecule has 1 aliphatic carbocycles. The van der Waals surface area contributed by atoms with Crippen molar-refractivity contribution >= 4 is 0 Å². The van der Waals surface area contributed by atoms with E-state index in [0.29, 0.717) is 17.9 Å². The molecule has 1 aromatic rings. The summed E-state index contributed by atoms with van der Waals surface area (Å²) < 4.78 is 5.93. The van der Waals surface area contributed by atoms with Crippen LogP contribution in [0.15, 0.2) is 24.3 Å². The van der Waals surface area contributed by atoms with Gasteiger partial charge in [0.25, 0.3) is 0 Å². The molecule has 2 N–H and O–H groups in total. The molecule has 1 unspecified atom stereocenters. The average Bonchev–Trinajstić information content (AvgIpc) is 2.50. The molecule has 0 heterocycles. The van der Waals surface area contributed by atoms with Gasteiger partial charge in [0.1, 0.15) is 5.75 Å². The number of phenols is 1. The van der Waals surface area contributed by atoms with E-state index in [1.165, 1.54) is 37.7 Å². The number of rotatable bonds is 8. The van der Waals surface area contributed by atoms with Gasteiger partial charge in [0, 0.05) is 12.6 Å². The molecule has 0 saturated heterocycles. The molecule has 3 nitrogen and oxygen atoms in total. The number of hydrogen-bond acceptors (Lipinski definition) is 3. The Morgan fingerprint density at radius 1 is 1.19 bits per heavy atom. The van der Waals surface area contributed by atoms with Gasteiger partial charge in [0.05, 0.1) is 6.10 Å². The number of nitrogens with one attached hydrogen (secondary N) is 1. The summed E-state index contributed by atoms with van der Waals surface area (Å²) in [5.74, 6) is 0.333. The smallest absolute Gasteiger partial charge is 0.115 e. The molecule has 0 radical (unpaired) electrons. The summed E-state index contributed by atoms with van der Waals surface area (Å²) in [6.45, 7) is 4.09. The van der Waals surface area contributed by atoms with Crippen LogP contribution < -0.4 is 5.32 Å². The number of ether oxygens (including phenoxy) is 1. The molecule has 21 heavy (non-hydrogen) atoms. The molecular formula is C18H29NO2. The lowest BCUT2D eigenvalue weighted by Crippen LogP contribution is -2.30. The highest BCUT2D eigenvalue weighted by molar-refractivity contribution is 5.26. The third kappa shape index (κ3) is 6.49. The first-order chi connectivity index (χ1) is 10.2. The minimum Gasteiger partial charge on any atom is -0.508 e. The zero-order valence-electron chi connectivity index (χ0n) is 13.2. The van der Waals surface area contributed by atoms with E-state index in [1.807, 2.05) is 12.1 Å². The fraction of sp³-hybridized carbons (Fsp3) is 0.667. The maximum atomic E-state index is 9.27. The van der Waals surface area contributed by atoms with Crippen molar-refractivity contribution in [2.24, 2.45) is 0 Å². The third-order valence-corrected chi connectivity index (χ3v) is 4.20. The SMILES string of the molecule is CC(Cc1ccc(O)cc1)NCCCOC1CCCCC1. The Hall–Kier alpha value is -1.06. The van der Waals surface area contributed by atoms with Crippen LogP contribution in [0.4, 0.5) is 0 Å². The molecule has 1 atom stereocenters. The van der Waals surface area contributed by atoms with Crippen molar-refractivity contribution in [1.82, 2.24) is 5.32 Å². The predicted molar refractivity (Wildman–Crippen MR) is 86.7 cm³/mol. The van der Waals surface area contributed by atoms with E-state index in [9.17, 15) is 5.11 Å². The van der Waals surface area contributed by atoms with Crippen molar-refractivity contribution in [2.75, 3.05) is 13.2 Å². The minimum atomic E-state index is 0.333. The van der Waals surface area contributed by atoms with Crippen LogP contribution in [0.1, 0.15) is 51.0 Å². The molecule has 0 aromatic heterocycles. The number of phenolic OH excluding ortho intramolecular Hbond substituents is 1. The van der Waals surface area contributed by atoms with E-state index >= 15 is 0 Å². The van der Waals surface area contributed by atoms with Gasteiger partial charge in [0.15, 0.2) is 0 Å². The van der Waals surface area contributed by atoms with Crippen molar-refractivity contribution in [3.05, 3.63) is 29.8 Å². The molecule has 0 spiro atoms. The quantitative estimate of drug-likeness (QED) is 0.718. The van der Waals surface area contributed by atoms with E-state index in [0.717, 1.165) is 26.0 Å². The lowest BCUT2D eigenvalue weighted by atomic mass is 9.98. The van der Waals surface area contributed by atoms with Crippen LogP contribution in [-0.4, -0.2) is 30.4 Å². The Bertz CT molecular complexity index is 385. The van der Waals surface area contributed by atoms with Crippen LogP contribution in [0.3, 0.4) is 0 Å². The molecule has 1 saturated carbocycles. The minimum absolute atomic E-state index is 0.333. The van der Waals surface area contributed by atoms with Gasteiger partial charge in [-0.2, -0.15) is 0 Å². The summed E-state index contributed by atoms with van der Waals surface area (Å²) in [4.78, 5) is 0. The molecule has 1 aromatic carbocycles. The number of hydrogen-bond donors (Lipinski definition) is 2. The third-order valence-electron chi connectivity index (χ3n) is 4.20. The van der Waals surface area contributed by atoms with Crippen molar-refractivity contribution in [3.8, 4) is 5.75 Å². The van der Waals surface area contributed by atoms with Gasteiger partial charge in [-0.3, -0.25) is 0 Å². The molecule has 1 fully saturated rings. The van der Waals surface area contributed by atoms with Gasteiger partial charge in [-0.25, -0.2) is 0 Å². The Balaban J connectivity index is 1.52. The second-order valence-corrected chi connectivity index (χ2v) is 6.21. The topological polar surface area (TPSA) is 41.5 Å². The van der Waals surface area contributed by atoms with Crippen LogP contribution in [-0.2, 0) is 11.2 Å². The van der Waals surface area contributed by atoms with Crippen molar-refractivity contribution in [1.29, 1.82) is 0 Å². The standard InChI is InChI=1S/C18H29NO2/c1-15(14-16-8-10-17(20)11-9-16)19-12-5-13-21-18-6-3-2-4-7-18/h8-11,15,18-20H,2-7,12-14H2,1H3. The summed E-state index contributed by atoms with van der Waals surface area (Å²) in [5, 5.41) is 12.8. The molecule has 118 valence electrons. The van der Waals surface area contributed by atoms with Crippen LogP contribution in [0.5, 0.6) is 5.75 Å².